The number of nitrogens with zero attached hydrogens (tertiary/aromatic N) is 2. The lowest BCUT2D eigenvalue weighted by atomic mass is 10.1. The third-order valence-corrected chi connectivity index (χ3v) is 2.82. The van der Waals surface area contributed by atoms with Crippen LogP contribution in [0, 0.1) is 10.1 Å². The summed E-state index contributed by atoms with van der Waals surface area (Å²) in [7, 11) is 0. The number of para-hydroxylation sites is 1. The Morgan fingerprint density at radius 1 is 1.44 bits per heavy atom. The number of likely N-dealkylation sites (tertiary alicyclic amines) is 1. The van der Waals surface area contributed by atoms with Crippen LogP contribution in [0.3, 0.4) is 0 Å². The van der Waals surface area contributed by atoms with E-state index in [-0.39, 0.29) is 16.7 Å². The molecule has 1 N–H and O–H groups in total. The average Bonchev–Trinajstić information content (AvgIpc) is 2.23. The van der Waals surface area contributed by atoms with Crippen LogP contribution in [-0.2, 0) is 6.42 Å². The third-order valence-electron chi connectivity index (χ3n) is 2.82. The first-order valence-electron chi connectivity index (χ1n) is 5.29. The van der Waals surface area contributed by atoms with Crippen LogP contribution in [0.25, 0.3) is 0 Å². The monoisotopic (exact) mass is 222 g/mol. The predicted molar refractivity (Wildman–Crippen MR) is 59.2 cm³/mol. The van der Waals surface area contributed by atoms with Crippen LogP contribution in [0.5, 0.6) is 0 Å². The van der Waals surface area contributed by atoms with Crippen molar-refractivity contribution in [1.29, 1.82) is 0 Å². The summed E-state index contributed by atoms with van der Waals surface area (Å²) in [6.45, 7) is 2.13. The first kappa shape index (κ1) is 11.0. The molecule has 1 saturated heterocycles. The molecular formula is C11H14N2O3. The van der Waals surface area contributed by atoms with Crippen molar-refractivity contribution in [2.24, 2.45) is 0 Å². The smallest absolute Gasteiger partial charge is 0.272 e. The van der Waals surface area contributed by atoms with Gasteiger partial charge in [-0.2, -0.15) is 0 Å². The summed E-state index contributed by atoms with van der Waals surface area (Å²) in [5.74, 6) is 0. The second-order valence-corrected chi connectivity index (χ2v) is 4.05. The summed E-state index contributed by atoms with van der Waals surface area (Å²) in [5.41, 5.74) is 0.942. The van der Waals surface area contributed by atoms with E-state index >= 15 is 0 Å². The van der Waals surface area contributed by atoms with Crippen molar-refractivity contribution in [2.75, 3.05) is 19.6 Å². The van der Waals surface area contributed by atoms with Gasteiger partial charge in [-0.25, -0.2) is 0 Å². The SMILES string of the molecule is O=[N+]([O-])c1ccccc1CCN1CC(O)C1. The van der Waals surface area contributed by atoms with Gasteiger partial charge in [-0.05, 0) is 6.42 Å². The molecule has 1 fully saturated rings. The Bertz CT molecular complexity index is 389. The lowest BCUT2D eigenvalue weighted by molar-refractivity contribution is -0.385. The van der Waals surface area contributed by atoms with Crippen molar-refractivity contribution in [3.8, 4) is 0 Å². The molecule has 2 rings (SSSR count). The molecule has 1 heterocycles. The van der Waals surface area contributed by atoms with Gasteiger partial charge < -0.3 is 5.11 Å². The van der Waals surface area contributed by atoms with Gasteiger partial charge in [0.05, 0.1) is 11.0 Å². The normalized spacial score (nSPS) is 17.1. The molecule has 86 valence electrons. The van der Waals surface area contributed by atoms with E-state index in [9.17, 15) is 10.1 Å². The van der Waals surface area contributed by atoms with Crippen molar-refractivity contribution in [1.82, 2.24) is 4.90 Å². The molecule has 1 aliphatic heterocycles. The number of hydrogen-bond acceptors (Lipinski definition) is 4. The molecule has 0 bridgehead atoms. The fraction of sp³-hybridized carbons (Fsp3) is 0.455. The summed E-state index contributed by atoms with van der Waals surface area (Å²) in [6.07, 6.45) is 0.440. The van der Waals surface area contributed by atoms with E-state index in [1.54, 1.807) is 12.1 Å². The zero-order valence-electron chi connectivity index (χ0n) is 8.87. The van der Waals surface area contributed by atoms with Gasteiger partial charge >= 0.3 is 0 Å². The van der Waals surface area contributed by atoms with E-state index in [0.29, 0.717) is 19.5 Å². The first-order chi connectivity index (χ1) is 7.66. The lowest BCUT2D eigenvalue weighted by Crippen LogP contribution is -2.51. The van der Waals surface area contributed by atoms with Crippen LogP contribution in [0.4, 0.5) is 5.69 Å². The van der Waals surface area contributed by atoms with Gasteiger partial charge in [0.2, 0.25) is 0 Å². The molecule has 0 atom stereocenters. The molecule has 5 nitrogen and oxygen atoms in total. The summed E-state index contributed by atoms with van der Waals surface area (Å²) in [5, 5.41) is 19.9. The van der Waals surface area contributed by atoms with E-state index in [4.69, 9.17) is 5.11 Å². The molecule has 5 heteroatoms. The van der Waals surface area contributed by atoms with E-state index in [1.165, 1.54) is 6.07 Å². The molecule has 0 saturated carbocycles. The summed E-state index contributed by atoms with van der Waals surface area (Å²) < 4.78 is 0. The second-order valence-electron chi connectivity index (χ2n) is 4.05. The molecule has 0 radical (unpaired) electrons. The standard InChI is InChI=1S/C11H14N2O3/c14-10-7-12(8-10)6-5-9-3-1-2-4-11(9)13(15)16/h1-4,10,14H,5-8H2. The maximum Gasteiger partial charge on any atom is 0.272 e. The molecule has 16 heavy (non-hydrogen) atoms. The molecule has 1 aliphatic rings. The number of hydrogen-bond donors (Lipinski definition) is 1. The number of β-amino-alcohol motifs (C(OH)–C–C–N with tert-alkyl or cyclic N) is 1. The Kier molecular flexibility index (Phi) is 3.17. The van der Waals surface area contributed by atoms with Crippen LogP contribution in [0.1, 0.15) is 5.56 Å². The molecule has 1 aromatic rings. The van der Waals surface area contributed by atoms with Gasteiger partial charge in [0, 0.05) is 31.3 Å². The molecular weight excluding hydrogens is 208 g/mol. The highest BCUT2D eigenvalue weighted by molar-refractivity contribution is 5.39. The Morgan fingerprint density at radius 2 is 2.12 bits per heavy atom. The number of rotatable bonds is 4. The first-order valence-corrected chi connectivity index (χ1v) is 5.29. The second kappa shape index (κ2) is 4.59. The average molecular weight is 222 g/mol. The minimum absolute atomic E-state index is 0.184. The largest absolute Gasteiger partial charge is 0.390 e. The van der Waals surface area contributed by atoms with Crippen LogP contribution in [0.2, 0.25) is 0 Å². The highest BCUT2D eigenvalue weighted by atomic mass is 16.6. The molecule has 1 aromatic carbocycles. The predicted octanol–water partition coefficient (Wildman–Crippen LogP) is 0.814. The Labute approximate surface area is 93.5 Å². The van der Waals surface area contributed by atoms with Gasteiger partial charge in [-0.15, -0.1) is 0 Å². The Hall–Kier alpha value is -1.46. The van der Waals surface area contributed by atoms with Gasteiger partial charge in [0.25, 0.3) is 5.69 Å². The van der Waals surface area contributed by atoms with E-state index in [1.807, 2.05) is 6.07 Å². The highest BCUT2D eigenvalue weighted by Gasteiger charge is 2.24. The van der Waals surface area contributed by atoms with E-state index < -0.39 is 0 Å². The quantitative estimate of drug-likeness (QED) is 0.605. The van der Waals surface area contributed by atoms with E-state index in [0.717, 1.165) is 12.1 Å². The Morgan fingerprint density at radius 3 is 2.75 bits per heavy atom. The Balaban J connectivity index is 1.95. The molecule has 0 amide bonds. The molecule has 0 aliphatic carbocycles. The summed E-state index contributed by atoms with van der Waals surface area (Å²) in [4.78, 5) is 12.5. The summed E-state index contributed by atoms with van der Waals surface area (Å²) in [6, 6.07) is 6.80. The van der Waals surface area contributed by atoms with Crippen molar-refractivity contribution in [2.45, 2.75) is 12.5 Å². The van der Waals surface area contributed by atoms with Crippen LogP contribution >= 0.6 is 0 Å². The number of aliphatic hydroxyl groups is 1. The van der Waals surface area contributed by atoms with Crippen LogP contribution < -0.4 is 0 Å². The maximum atomic E-state index is 10.8. The zero-order valence-corrected chi connectivity index (χ0v) is 8.87. The number of nitro groups is 1. The fourth-order valence-corrected chi connectivity index (χ4v) is 1.90. The van der Waals surface area contributed by atoms with Crippen molar-refractivity contribution < 1.29 is 10.0 Å². The van der Waals surface area contributed by atoms with E-state index in [2.05, 4.69) is 4.90 Å². The maximum absolute atomic E-state index is 10.8. The van der Waals surface area contributed by atoms with Crippen molar-refractivity contribution in [3.05, 3.63) is 39.9 Å². The lowest BCUT2D eigenvalue weighted by Gasteiger charge is -2.35. The number of benzene rings is 1. The molecule has 0 aromatic heterocycles. The number of aliphatic hydroxyl groups excluding tert-OH is 1. The number of nitro benzene ring substituents is 1. The van der Waals surface area contributed by atoms with Crippen molar-refractivity contribution >= 4 is 5.69 Å². The summed E-state index contributed by atoms with van der Waals surface area (Å²) >= 11 is 0. The third kappa shape index (κ3) is 2.37. The van der Waals surface area contributed by atoms with Gasteiger partial charge in [0.1, 0.15) is 0 Å². The zero-order chi connectivity index (χ0) is 11.5. The van der Waals surface area contributed by atoms with Crippen LogP contribution in [0.15, 0.2) is 24.3 Å². The van der Waals surface area contributed by atoms with Crippen molar-refractivity contribution in [3.63, 3.8) is 0 Å². The highest BCUT2D eigenvalue weighted by Crippen LogP contribution is 2.19. The topological polar surface area (TPSA) is 66.6 Å². The van der Waals surface area contributed by atoms with Gasteiger partial charge in [-0.3, -0.25) is 15.0 Å². The fourth-order valence-electron chi connectivity index (χ4n) is 1.90. The van der Waals surface area contributed by atoms with Crippen LogP contribution in [-0.4, -0.2) is 40.7 Å². The van der Waals surface area contributed by atoms with Gasteiger partial charge in [0.15, 0.2) is 0 Å². The minimum Gasteiger partial charge on any atom is -0.390 e. The molecule has 0 unspecified atom stereocenters. The molecule has 0 spiro atoms. The minimum atomic E-state index is -0.347. The van der Waals surface area contributed by atoms with Gasteiger partial charge in [-0.1, -0.05) is 18.2 Å².